The zero-order valence-corrected chi connectivity index (χ0v) is 12.0. The molecule has 0 radical (unpaired) electrons. The second-order valence-corrected chi connectivity index (χ2v) is 5.06. The van der Waals surface area contributed by atoms with Crippen LogP contribution in [0.1, 0.15) is 40.5 Å². The van der Waals surface area contributed by atoms with Gasteiger partial charge in [0.05, 0.1) is 0 Å². The second-order valence-electron chi connectivity index (χ2n) is 5.06. The van der Waals surface area contributed by atoms with Crippen LogP contribution in [0.2, 0.25) is 0 Å². The Balaban J connectivity index is 2.99. The van der Waals surface area contributed by atoms with Crippen molar-refractivity contribution in [1.82, 2.24) is 4.98 Å². The van der Waals surface area contributed by atoms with E-state index in [4.69, 9.17) is 5.84 Å². The minimum atomic E-state index is 0.570. The fourth-order valence-electron chi connectivity index (χ4n) is 2.27. The molecule has 18 heavy (non-hydrogen) atoms. The van der Waals surface area contributed by atoms with E-state index in [1.807, 2.05) is 6.07 Å². The van der Waals surface area contributed by atoms with Crippen LogP contribution < -0.4 is 16.2 Å². The van der Waals surface area contributed by atoms with Gasteiger partial charge in [0.15, 0.2) is 0 Å². The monoisotopic (exact) mass is 250 g/mol. The SMILES string of the molecule is CCC(CC)N(CC(C)C)c1ccnc(NN)c1. The maximum atomic E-state index is 5.43. The normalized spacial score (nSPS) is 11.1. The number of nitrogens with zero attached hydrogens (tertiary/aromatic N) is 2. The molecule has 0 bridgehead atoms. The number of aromatic nitrogens is 1. The predicted molar refractivity (Wildman–Crippen MR) is 78.6 cm³/mol. The fourth-order valence-corrected chi connectivity index (χ4v) is 2.27. The number of rotatable bonds is 7. The molecule has 1 aromatic rings. The Morgan fingerprint density at radius 2 is 2.00 bits per heavy atom. The molecule has 0 atom stereocenters. The molecule has 0 saturated heterocycles. The van der Waals surface area contributed by atoms with Crippen molar-refractivity contribution in [3.05, 3.63) is 18.3 Å². The van der Waals surface area contributed by atoms with Crippen LogP contribution in [0.15, 0.2) is 18.3 Å². The van der Waals surface area contributed by atoms with E-state index in [2.05, 4.69) is 49.1 Å². The lowest BCUT2D eigenvalue weighted by Gasteiger charge is -2.34. The molecule has 4 heteroatoms. The Morgan fingerprint density at radius 1 is 1.33 bits per heavy atom. The molecule has 3 N–H and O–H groups in total. The maximum absolute atomic E-state index is 5.43. The second kappa shape index (κ2) is 7.21. The number of nitrogens with two attached hydrogens (primary N) is 1. The van der Waals surface area contributed by atoms with E-state index in [1.54, 1.807) is 6.20 Å². The van der Waals surface area contributed by atoms with Crippen molar-refractivity contribution in [2.75, 3.05) is 16.9 Å². The van der Waals surface area contributed by atoms with Crippen molar-refractivity contribution in [2.24, 2.45) is 11.8 Å². The lowest BCUT2D eigenvalue weighted by atomic mass is 10.1. The molecular weight excluding hydrogens is 224 g/mol. The molecule has 1 heterocycles. The number of hydrogen-bond donors (Lipinski definition) is 2. The minimum Gasteiger partial charge on any atom is -0.368 e. The van der Waals surface area contributed by atoms with Gasteiger partial charge >= 0.3 is 0 Å². The lowest BCUT2D eigenvalue weighted by molar-refractivity contribution is 0.507. The van der Waals surface area contributed by atoms with Crippen LogP contribution in [-0.4, -0.2) is 17.6 Å². The van der Waals surface area contributed by atoms with Crippen LogP contribution >= 0.6 is 0 Å². The van der Waals surface area contributed by atoms with Crippen molar-refractivity contribution in [3.63, 3.8) is 0 Å². The molecule has 0 aromatic carbocycles. The van der Waals surface area contributed by atoms with Crippen molar-refractivity contribution in [3.8, 4) is 0 Å². The summed E-state index contributed by atoms with van der Waals surface area (Å²) in [5.74, 6) is 6.78. The number of hydrogen-bond acceptors (Lipinski definition) is 4. The Bertz CT molecular complexity index is 347. The first kappa shape index (κ1) is 14.8. The third-order valence-corrected chi connectivity index (χ3v) is 3.17. The summed E-state index contributed by atoms with van der Waals surface area (Å²) in [6, 6.07) is 4.64. The van der Waals surface area contributed by atoms with Gasteiger partial charge in [-0.25, -0.2) is 10.8 Å². The zero-order chi connectivity index (χ0) is 13.5. The number of nitrogens with one attached hydrogen (secondary N) is 1. The number of nitrogen functional groups attached to an aromatic ring is 1. The molecule has 1 aromatic heterocycles. The summed E-state index contributed by atoms with van der Waals surface area (Å²) in [5, 5.41) is 0. The molecule has 1 rings (SSSR count). The van der Waals surface area contributed by atoms with E-state index in [0.29, 0.717) is 17.8 Å². The van der Waals surface area contributed by atoms with Crippen molar-refractivity contribution >= 4 is 11.5 Å². The van der Waals surface area contributed by atoms with E-state index in [-0.39, 0.29) is 0 Å². The van der Waals surface area contributed by atoms with Gasteiger partial charge in [-0.1, -0.05) is 27.7 Å². The molecule has 0 spiro atoms. The van der Waals surface area contributed by atoms with Gasteiger partial charge in [-0.15, -0.1) is 0 Å². The van der Waals surface area contributed by atoms with Crippen LogP contribution in [0, 0.1) is 5.92 Å². The third kappa shape index (κ3) is 3.88. The van der Waals surface area contributed by atoms with Gasteiger partial charge in [0.1, 0.15) is 5.82 Å². The Hall–Kier alpha value is -1.29. The molecule has 0 saturated carbocycles. The van der Waals surface area contributed by atoms with E-state index in [1.165, 1.54) is 5.69 Å². The topological polar surface area (TPSA) is 54.2 Å². The van der Waals surface area contributed by atoms with Gasteiger partial charge in [0, 0.05) is 30.5 Å². The highest BCUT2D eigenvalue weighted by atomic mass is 15.3. The van der Waals surface area contributed by atoms with Crippen molar-refractivity contribution in [1.29, 1.82) is 0 Å². The molecular formula is C14H26N4. The molecule has 0 aliphatic carbocycles. The first-order chi connectivity index (χ1) is 8.62. The fraction of sp³-hybridized carbons (Fsp3) is 0.643. The first-order valence-corrected chi connectivity index (χ1v) is 6.81. The van der Waals surface area contributed by atoms with Crippen LogP contribution in [-0.2, 0) is 0 Å². The highest BCUT2D eigenvalue weighted by molar-refractivity contribution is 5.54. The third-order valence-electron chi connectivity index (χ3n) is 3.17. The van der Waals surface area contributed by atoms with Gasteiger partial charge in [0.25, 0.3) is 0 Å². The van der Waals surface area contributed by atoms with Gasteiger partial charge in [-0.05, 0) is 24.8 Å². The highest BCUT2D eigenvalue weighted by Crippen LogP contribution is 2.23. The summed E-state index contributed by atoms with van der Waals surface area (Å²) >= 11 is 0. The number of anilines is 2. The van der Waals surface area contributed by atoms with E-state index in [9.17, 15) is 0 Å². The van der Waals surface area contributed by atoms with E-state index >= 15 is 0 Å². The largest absolute Gasteiger partial charge is 0.368 e. The van der Waals surface area contributed by atoms with Gasteiger partial charge < -0.3 is 10.3 Å². The number of pyridine rings is 1. The van der Waals surface area contributed by atoms with Crippen LogP contribution in [0.4, 0.5) is 11.5 Å². The van der Waals surface area contributed by atoms with Gasteiger partial charge in [-0.2, -0.15) is 0 Å². The molecule has 4 nitrogen and oxygen atoms in total. The average Bonchev–Trinajstić information content (AvgIpc) is 2.38. The molecule has 0 aliphatic rings. The lowest BCUT2D eigenvalue weighted by Crippen LogP contribution is -2.37. The quantitative estimate of drug-likeness (QED) is 0.577. The van der Waals surface area contributed by atoms with E-state index in [0.717, 1.165) is 19.4 Å². The highest BCUT2D eigenvalue weighted by Gasteiger charge is 2.17. The van der Waals surface area contributed by atoms with Gasteiger partial charge in [0.2, 0.25) is 0 Å². The summed E-state index contributed by atoms with van der Waals surface area (Å²) in [7, 11) is 0. The minimum absolute atomic E-state index is 0.570. The standard InChI is InChI=1S/C14H26N4/c1-5-12(6-2)18(10-11(3)4)13-7-8-16-14(9-13)17-15/h7-9,11-12H,5-6,10,15H2,1-4H3,(H,16,17). The predicted octanol–water partition coefficient (Wildman–Crippen LogP) is 3.02. The van der Waals surface area contributed by atoms with Crippen LogP contribution in [0.5, 0.6) is 0 Å². The smallest absolute Gasteiger partial charge is 0.141 e. The van der Waals surface area contributed by atoms with Crippen LogP contribution in [0.3, 0.4) is 0 Å². The average molecular weight is 250 g/mol. The van der Waals surface area contributed by atoms with Crippen molar-refractivity contribution in [2.45, 2.75) is 46.6 Å². The number of hydrazine groups is 1. The molecule has 0 fully saturated rings. The van der Waals surface area contributed by atoms with Gasteiger partial charge in [-0.3, -0.25) is 0 Å². The summed E-state index contributed by atoms with van der Waals surface area (Å²) in [4.78, 5) is 6.63. The molecule has 0 amide bonds. The maximum Gasteiger partial charge on any atom is 0.141 e. The summed E-state index contributed by atoms with van der Waals surface area (Å²) in [5.41, 5.74) is 3.81. The van der Waals surface area contributed by atoms with Crippen LogP contribution in [0.25, 0.3) is 0 Å². The first-order valence-electron chi connectivity index (χ1n) is 6.81. The van der Waals surface area contributed by atoms with E-state index < -0.39 is 0 Å². The Kier molecular flexibility index (Phi) is 5.92. The molecule has 0 aliphatic heterocycles. The molecule has 0 unspecified atom stereocenters. The Morgan fingerprint density at radius 3 is 2.50 bits per heavy atom. The van der Waals surface area contributed by atoms with Crippen molar-refractivity contribution < 1.29 is 0 Å². The summed E-state index contributed by atoms with van der Waals surface area (Å²) < 4.78 is 0. The molecule has 102 valence electrons. The summed E-state index contributed by atoms with van der Waals surface area (Å²) in [6.45, 7) is 10.0. The zero-order valence-electron chi connectivity index (χ0n) is 12.0. The summed E-state index contributed by atoms with van der Waals surface area (Å²) in [6.07, 6.45) is 4.11. The Labute approximate surface area is 111 Å².